The lowest BCUT2D eigenvalue weighted by atomic mass is 10.3. The third-order valence-electron chi connectivity index (χ3n) is 0.576. The summed E-state index contributed by atoms with van der Waals surface area (Å²) < 4.78 is 0. The number of ketones is 1. The maximum atomic E-state index is 10.1. The van der Waals surface area contributed by atoms with Crippen molar-refractivity contribution in [1.82, 2.24) is 0 Å². The maximum Gasteiger partial charge on any atom is 0.154 e. The van der Waals surface area contributed by atoms with Crippen LogP contribution in [0.5, 0.6) is 0 Å². The SMILES string of the molecule is C=CC(=O)CC.N#N. The van der Waals surface area contributed by atoms with E-state index in [4.69, 9.17) is 10.8 Å². The topological polar surface area (TPSA) is 64.7 Å². The number of hydrogen-bond acceptors (Lipinski definition) is 3. The molecule has 0 aliphatic rings. The van der Waals surface area contributed by atoms with Crippen LogP contribution in [0.2, 0.25) is 0 Å². The molecule has 3 nitrogen and oxygen atoms in total. The van der Waals surface area contributed by atoms with Gasteiger partial charge in [-0.05, 0) is 6.08 Å². The lowest BCUT2D eigenvalue weighted by Gasteiger charge is -1.75. The molecule has 0 rings (SSSR count). The van der Waals surface area contributed by atoms with Gasteiger partial charge in [0, 0.05) is 17.2 Å². The summed E-state index contributed by atoms with van der Waals surface area (Å²) in [5.74, 6) is 0.106. The molecule has 0 saturated heterocycles. The molecular formula is C5H8N2O. The third kappa shape index (κ3) is 8.85. The zero-order valence-electron chi connectivity index (χ0n) is 4.79. The fraction of sp³-hybridized carbons (Fsp3) is 0.400. The van der Waals surface area contributed by atoms with Crippen LogP contribution < -0.4 is 0 Å². The second-order valence-corrected chi connectivity index (χ2v) is 1.02. The third-order valence-corrected chi connectivity index (χ3v) is 0.576. The van der Waals surface area contributed by atoms with Crippen LogP contribution >= 0.6 is 0 Å². The lowest BCUT2D eigenvalue weighted by Crippen LogP contribution is -1.83. The van der Waals surface area contributed by atoms with Gasteiger partial charge in [0.25, 0.3) is 0 Å². The molecule has 0 unspecified atom stereocenters. The van der Waals surface area contributed by atoms with Crippen LogP contribution in [0.3, 0.4) is 0 Å². The highest BCUT2D eigenvalue weighted by Crippen LogP contribution is 1.76. The van der Waals surface area contributed by atoms with Crippen molar-refractivity contribution in [3.63, 3.8) is 0 Å². The van der Waals surface area contributed by atoms with E-state index in [9.17, 15) is 4.79 Å². The molecule has 0 radical (unpaired) electrons. The van der Waals surface area contributed by atoms with Gasteiger partial charge in [-0.1, -0.05) is 13.5 Å². The van der Waals surface area contributed by atoms with Crippen LogP contribution in [-0.2, 0) is 4.79 Å². The molecule has 44 valence electrons. The van der Waals surface area contributed by atoms with Gasteiger partial charge in [0.2, 0.25) is 0 Å². The fourth-order valence-corrected chi connectivity index (χ4v) is 0.144. The summed E-state index contributed by atoms with van der Waals surface area (Å²) in [5, 5.41) is 12.0. The van der Waals surface area contributed by atoms with Gasteiger partial charge in [-0.15, -0.1) is 0 Å². The largest absolute Gasteiger partial charge is 0.295 e. The number of nitrogens with zero attached hydrogens (tertiary/aromatic N) is 2. The van der Waals surface area contributed by atoms with Gasteiger partial charge in [0.15, 0.2) is 5.78 Å². The van der Waals surface area contributed by atoms with Crippen LogP contribution in [0.25, 0.3) is 0 Å². The molecule has 0 amide bonds. The van der Waals surface area contributed by atoms with E-state index in [0.29, 0.717) is 6.42 Å². The molecular weight excluding hydrogens is 104 g/mol. The van der Waals surface area contributed by atoms with E-state index in [1.165, 1.54) is 6.08 Å². The van der Waals surface area contributed by atoms with Crippen molar-refractivity contribution < 1.29 is 4.79 Å². The minimum Gasteiger partial charge on any atom is -0.295 e. The van der Waals surface area contributed by atoms with Crippen molar-refractivity contribution in [1.29, 1.82) is 10.8 Å². The van der Waals surface area contributed by atoms with E-state index in [2.05, 4.69) is 6.58 Å². The summed E-state index contributed by atoms with van der Waals surface area (Å²) in [4.78, 5) is 10.1. The Morgan fingerprint density at radius 1 is 1.75 bits per heavy atom. The molecule has 8 heavy (non-hydrogen) atoms. The second-order valence-electron chi connectivity index (χ2n) is 1.02. The molecule has 0 fully saturated rings. The molecule has 0 N–H and O–H groups in total. The minimum atomic E-state index is 0.106. The average molecular weight is 112 g/mol. The molecule has 0 aromatic heterocycles. The molecule has 0 aliphatic carbocycles. The fourth-order valence-electron chi connectivity index (χ4n) is 0.144. The first-order valence-corrected chi connectivity index (χ1v) is 2.16. The number of rotatable bonds is 2. The summed E-state index contributed by atoms with van der Waals surface area (Å²) in [6.07, 6.45) is 1.91. The predicted octanol–water partition coefficient (Wildman–Crippen LogP) is 1.18. The van der Waals surface area contributed by atoms with E-state index in [-0.39, 0.29) is 5.78 Å². The Kier molecular flexibility index (Phi) is 11.5. The van der Waals surface area contributed by atoms with Crippen molar-refractivity contribution in [3.05, 3.63) is 12.7 Å². The zero-order valence-corrected chi connectivity index (χ0v) is 4.79. The van der Waals surface area contributed by atoms with E-state index in [1.54, 1.807) is 0 Å². The first-order valence-electron chi connectivity index (χ1n) is 2.16. The molecule has 0 aromatic carbocycles. The lowest BCUT2D eigenvalue weighted by molar-refractivity contribution is -0.114. The molecule has 0 heterocycles. The van der Waals surface area contributed by atoms with Crippen LogP contribution in [0.4, 0.5) is 0 Å². The Morgan fingerprint density at radius 3 is 2.12 bits per heavy atom. The number of carbonyl (C=O) groups is 1. The maximum absolute atomic E-state index is 10.1. The van der Waals surface area contributed by atoms with Crippen LogP contribution in [0.1, 0.15) is 13.3 Å². The molecule has 0 saturated carbocycles. The van der Waals surface area contributed by atoms with Crippen LogP contribution in [0, 0.1) is 10.8 Å². The highest BCUT2D eigenvalue weighted by molar-refractivity contribution is 5.88. The van der Waals surface area contributed by atoms with Gasteiger partial charge >= 0.3 is 0 Å². The summed E-state index contributed by atoms with van der Waals surface area (Å²) in [5.41, 5.74) is 0. The Hall–Kier alpha value is -1.17. The van der Waals surface area contributed by atoms with E-state index in [1.807, 2.05) is 6.92 Å². The smallest absolute Gasteiger partial charge is 0.154 e. The average Bonchev–Trinajstić information content (AvgIpc) is 1.91. The van der Waals surface area contributed by atoms with Gasteiger partial charge in [-0.25, -0.2) is 0 Å². The van der Waals surface area contributed by atoms with E-state index in [0.717, 1.165) is 0 Å². The Morgan fingerprint density at radius 2 is 2.12 bits per heavy atom. The van der Waals surface area contributed by atoms with Crippen LogP contribution in [-0.4, -0.2) is 5.78 Å². The van der Waals surface area contributed by atoms with Gasteiger partial charge < -0.3 is 0 Å². The summed E-state index contributed by atoms with van der Waals surface area (Å²) in [7, 11) is 0. The first kappa shape index (κ1) is 9.95. The number of carbonyl (C=O) groups excluding carboxylic acids is 1. The van der Waals surface area contributed by atoms with Gasteiger partial charge in [-0.3, -0.25) is 4.79 Å². The van der Waals surface area contributed by atoms with E-state index >= 15 is 0 Å². The zero-order chi connectivity index (χ0) is 6.99. The minimum absolute atomic E-state index is 0.106. The van der Waals surface area contributed by atoms with Gasteiger partial charge in [0.1, 0.15) is 0 Å². The normalized spacial score (nSPS) is 5.88. The Labute approximate surface area is 48.4 Å². The molecule has 0 atom stereocenters. The van der Waals surface area contributed by atoms with Gasteiger partial charge in [-0.2, -0.15) is 0 Å². The quantitative estimate of drug-likeness (QED) is 0.398. The predicted molar refractivity (Wildman–Crippen MR) is 28.9 cm³/mol. The van der Waals surface area contributed by atoms with Crippen molar-refractivity contribution in [2.75, 3.05) is 0 Å². The Balaban J connectivity index is 0. The standard InChI is InChI=1S/C5H8O.N2/c1-3-5(6)4-2;1-2/h3H,1,4H2,2H3;. The monoisotopic (exact) mass is 112 g/mol. The highest BCUT2D eigenvalue weighted by Gasteiger charge is 1.81. The number of hydrogen-bond donors (Lipinski definition) is 0. The Bertz CT molecular complexity index is 95.8. The summed E-state index contributed by atoms with van der Waals surface area (Å²) >= 11 is 0. The van der Waals surface area contributed by atoms with Crippen molar-refractivity contribution in [2.45, 2.75) is 13.3 Å². The van der Waals surface area contributed by atoms with Crippen LogP contribution in [0.15, 0.2) is 12.7 Å². The first-order chi connectivity index (χ1) is 3.81. The highest BCUT2D eigenvalue weighted by atomic mass is 16.1. The summed E-state index contributed by atoms with van der Waals surface area (Å²) in [6.45, 7) is 5.09. The van der Waals surface area contributed by atoms with Crippen molar-refractivity contribution in [2.24, 2.45) is 0 Å². The summed E-state index contributed by atoms with van der Waals surface area (Å²) in [6, 6.07) is 0. The van der Waals surface area contributed by atoms with E-state index < -0.39 is 0 Å². The molecule has 0 aliphatic heterocycles. The molecule has 0 bridgehead atoms. The number of allylic oxidation sites excluding steroid dienone is 1. The molecule has 0 spiro atoms. The molecule has 0 aromatic rings. The second kappa shape index (κ2) is 9.27. The van der Waals surface area contributed by atoms with Crippen molar-refractivity contribution >= 4 is 5.78 Å². The molecule has 3 heteroatoms. The van der Waals surface area contributed by atoms with Crippen molar-refractivity contribution in [3.8, 4) is 0 Å². The van der Waals surface area contributed by atoms with Gasteiger partial charge in [0.05, 0.1) is 0 Å².